The van der Waals surface area contributed by atoms with Gasteiger partial charge in [0.1, 0.15) is 11.5 Å². The zero-order chi connectivity index (χ0) is 18.0. The predicted octanol–water partition coefficient (Wildman–Crippen LogP) is 5.15. The number of methoxy groups -OCH3 is 1. The van der Waals surface area contributed by atoms with Crippen molar-refractivity contribution in [3.05, 3.63) is 70.3 Å². The molecule has 0 saturated heterocycles. The van der Waals surface area contributed by atoms with Gasteiger partial charge in [-0.25, -0.2) is 0 Å². The summed E-state index contributed by atoms with van der Waals surface area (Å²) in [6, 6.07) is 13.1. The molecule has 0 radical (unpaired) electrons. The molecule has 3 nitrogen and oxygen atoms in total. The predicted molar refractivity (Wildman–Crippen MR) is 92.5 cm³/mol. The molecule has 0 saturated carbocycles. The molecule has 0 bridgehead atoms. The van der Waals surface area contributed by atoms with E-state index >= 15 is 0 Å². The first-order chi connectivity index (χ1) is 11.9. The van der Waals surface area contributed by atoms with Crippen LogP contribution < -0.4 is 4.74 Å². The fraction of sp³-hybridized carbons (Fsp3) is 0.111. The number of benzene rings is 2. The number of ether oxygens (including phenoxy) is 1. The molecule has 0 atom stereocenters. The van der Waals surface area contributed by atoms with Crippen molar-refractivity contribution in [1.82, 2.24) is 0 Å². The molecule has 0 amide bonds. The summed E-state index contributed by atoms with van der Waals surface area (Å²) in [6.07, 6.45) is -3.19. The minimum absolute atomic E-state index is 0.0833. The van der Waals surface area contributed by atoms with Gasteiger partial charge in [-0.05, 0) is 35.9 Å². The number of halogens is 4. The monoisotopic (exact) mass is 364 g/mol. The summed E-state index contributed by atoms with van der Waals surface area (Å²) < 4.78 is 45.0. The van der Waals surface area contributed by atoms with Crippen molar-refractivity contribution in [3.63, 3.8) is 0 Å². The van der Waals surface area contributed by atoms with Crippen molar-refractivity contribution >= 4 is 29.1 Å². The van der Waals surface area contributed by atoms with Crippen LogP contribution in [0.5, 0.6) is 5.75 Å². The number of rotatable bonds is 3. The van der Waals surface area contributed by atoms with Gasteiger partial charge in [0.15, 0.2) is 5.71 Å². The summed E-state index contributed by atoms with van der Waals surface area (Å²) in [5, 5.41) is 7.58. The summed E-state index contributed by atoms with van der Waals surface area (Å²) in [5.74, 6) is 0.616. The minimum Gasteiger partial charge on any atom is -0.497 e. The SMILES string of the molecule is COc1ccc(/C=C2/C(c3ccc(Cl)cc3)=NN=C2C(F)(F)F)cc1. The van der Waals surface area contributed by atoms with Crippen molar-refractivity contribution in [2.24, 2.45) is 10.2 Å². The van der Waals surface area contributed by atoms with Crippen molar-refractivity contribution in [2.45, 2.75) is 6.18 Å². The third-order valence-corrected chi connectivity index (χ3v) is 3.83. The highest BCUT2D eigenvalue weighted by molar-refractivity contribution is 6.36. The molecule has 7 heteroatoms. The van der Waals surface area contributed by atoms with Crippen molar-refractivity contribution < 1.29 is 17.9 Å². The Bertz CT molecular complexity index is 867. The molecular weight excluding hydrogens is 353 g/mol. The first-order valence-electron chi connectivity index (χ1n) is 7.24. The van der Waals surface area contributed by atoms with Crippen LogP contribution in [0.2, 0.25) is 5.02 Å². The van der Waals surface area contributed by atoms with Gasteiger partial charge in [0.25, 0.3) is 0 Å². The second-order valence-electron chi connectivity index (χ2n) is 5.23. The molecule has 2 aromatic carbocycles. The molecule has 0 fully saturated rings. The van der Waals surface area contributed by atoms with E-state index in [1.165, 1.54) is 13.2 Å². The number of hydrogen-bond acceptors (Lipinski definition) is 3. The van der Waals surface area contributed by atoms with E-state index in [0.29, 0.717) is 21.9 Å². The van der Waals surface area contributed by atoms with Crippen LogP contribution in [0, 0.1) is 0 Å². The Hall–Kier alpha value is -2.60. The lowest BCUT2D eigenvalue weighted by atomic mass is 9.96. The van der Waals surface area contributed by atoms with Gasteiger partial charge in [0, 0.05) is 16.2 Å². The lowest BCUT2D eigenvalue weighted by Crippen LogP contribution is -2.25. The third-order valence-electron chi connectivity index (χ3n) is 3.57. The molecule has 128 valence electrons. The highest BCUT2D eigenvalue weighted by Gasteiger charge is 2.42. The van der Waals surface area contributed by atoms with E-state index < -0.39 is 11.9 Å². The van der Waals surface area contributed by atoms with Gasteiger partial charge in [0.2, 0.25) is 0 Å². The summed E-state index contributed by atoms with van der Waals surface area (Å²) in [5.41, 5.74) is 0.136. The average Bonchev–Trinajstić information content (AvgIpc) is 3.00. The fourth-order valence-corrected chi connectivity index (χ4v) is 2.48. The topological polar surface area (TPSA) is 34.0 Å². The molecular formula is C18H12ClF3N2O. The first-order valence-corrected chi connectivity index (χ1v) is 7.61. The Balaban J connectivity index is 2.04. The van der Waals surface area contributed by atoms with E-state index in [2.05, 4.69) is 10.2 Å². The molecule has 0 aliphatic carbocycles. The van der Waals surface area contributed by atoms with Crippen LogP contribution in [0.25, 0.3) is 6.08 Å². The van der Waals surface area contributed by atoms with Gasteiger partial charge in [-0.2, -0.15) is 13.2 Å². The summed E-state index contributed by atoms with van der Waals surface area (Å²) >= 11 is 5.84. The van der Waals surface area contributed by atoms with E-state index in [0.717, 1.165) is 0 Å². The zero-order valence-corrected chi connectivity index (χ0v) is 13.8. The van der Waals surface area contributed by atoms with Gasteiger partial charge in [-0.1, -0.05) is 35.9 Å². The Morgan fingerprint density at radius 2 is 1.60 bits per heavy atom. The normalized spacial score (nSPS) is 16.0. The largest absolute Gasteiger partial charge is 0.497 e. The Kier molecular flexibility index (Phi) is 4.63. The smallest absolute Gasteiger partial charge is 0.435 e. The number of alkyl halides is 3. The molecule has 2 aromatic rings. The lowest BCUT2D eigenvalue weighted by molar-refractivity contribution is -0.0579. The maximum Gasteiger partial charge on any atom is 0.435 e. The highest BCUT2D eigenvalue weighted by atomic mass is 35.5. The van der Waals surface area contributed by atoms with Crippen molar-refractivity contribution in [3.8, 4) is 5.75 Å². The summed E-state index contributed by atoms with van der Waals surface area (Å²) in [7, 11) is 1.52. The summed E-state index contributed by atoms with van der Waals surface area (Å²) in [4.78, 5) is 0. The second kappa shape index (κ2) is 6.72. The molecule has 1 heterocycles. The van der Waals surface area contributed by atoms with E-state index in [4.69, 9.17) is 16.3 Å². The average molecular weight is 365 g/mol. The second-order valence-corrected chi connectivity index (χ2v) is 5.67. The van der Waals surface area contributed by atoms with E-state index in [-0.39, 0.29) is 11.3 Å². The molecule has 1 aliphatic heterocycles. The molecule has 0 unspecified atom stereocenters. The van der Waals surface area contributed by atoms with Crippen LogP contribution in [-0.4, -0.2) is 24.7 Å². The van der Waals surface area contributed by atoms with Crippen LogP contribution in [-0.2, 0) is 0 Å². The van der Waals surface area contributed by atoms with E-state index in [1.54, 1.807) is 48.5 Å². The Morgan fingerprint density at radius 1 is 0.960 bits per heavy atom. The van der Waals surface area contributed by atoms with Crippen molar-refractivity contribution in [1.29, 1.82) is 0 Å². The molecule has 0 aromatic heterocycles. The molecule has 0 spiro atoms. The maximum atomic E-state index is 13.3. The Labute approximate surface area is 147 Å². The van der Waals surface area contributed by atoms with Gasteiger partial charge in [-0.3, -0.25) is 0 Å². The highest BCUT2D eigenvalue weighted by Crippen LogP contribution is 2.30. The number of allylic oxidation sites excluding steroid dienone is 1. The minimum atomic E-state index is -4.60. The number of nitrogens with zero attached hydrogens (tertiary/aromatic N) is 2. The van der Waals surface area contributed by atoms with Crippen LogP contribution in [0.15, 0.2) is 64.3 Å². The third kappa shape index (κ3) is 3.74. The van der Waals surface area contributed by atoms with Crippen LogP contribution in [0.3, 0.4) is 0 Å². The van der Waals surface area contributed by atoms with Gasteiger partial charge < -0.3 is 4.74 Å². The van der Waals surface area contributed by atoms with E-state index in [9.17, 15) is 13.2 Å². The number of hydrogen-bond donors (Lipinski definition) is 0. The maximum absolute atomic E-state index is 13.3. The van der Waals surface area contributed by atoms with Crippen LogP contribution in [0.4, 0.5) is 13.2 Å². The van der Waals surface area contributed by atoms with Gasteiger partial charge in [0.05, 0.1) is 7.11 Å². The van der Waals surface area contributed by atoms with Gasteiger partial charge >= 0.3 is 6.18 Å². The Morgan fingerprint density at radius 3 is 2.16 bits per heavy atom. The van der Waals surface area contributed by atoms with E-state index in [1.807, 2.05) is 0 Å². The molecule has 1 aliphatic rings. The molecule has 0 N–H and O–H groups in total. The summed E-state index contributed by atoms with van der Waals surface area (Å²) in [6.45, 7) is 0. The standard InChI is InChI=1S/C18H12ClF3N2O/c1-25-14-8-2-11(3-9-14)10-15-16(12-4-6-13(19)7-5-12)23-24-17(15)18(20,21)22/h2-10H,1H3/b15-10-. The van der Waals surface area contributed by atoms with Crippen molar-refractivity contribution in [2.75, 3.05) is 7.11 Å². The fourth-order valence-electron chi connectivity index (χ4n) is 2.35. The first kappa shape index (κ1) is 17.2. The van der Waals surface area contributed by atoms with Gasteiger partial charge in [-0.15, -0.1) is 10.2 Å². The molecule has 3 rings (SSSR count). The lowest BCUT2D eigenvalue weighted by Gasteiger charge is -2.10. The molecule has 25 heavy (non-hydrogen) atoms. The quantitative estimate of drug-likeness (QED) is 0.741. The van der Waals surface area contributed by atoms with Crippen LogP contribution >= 0.6 is 11.6 Å². The zero-order valence-electron chi connectivity index (χ0n) is 13.0. The van der Waals surface area contributed by atoms with Crippen LogP contribution in [0.1, 0.15) is 11.1 Å².